The Labute approximate surface area is 133 Å². The van der Waals surface area contributed by atoms with E-state index in [1.165, 1.54) is 28.5 Å². The number of fused-ring (bicyclic) bond motifs is 1. The first-order chi connectivity index (χ1) is 10.7. The monoisotopic (exact) mass is 292 g/mol. The van der Waals surface area contributed by atoms with Gasteiger partial charge in [0.25, 0.3) is 0 Å². The highest BCUT2D eigenvalue weighted by atomic mass is 15.0. The maximum Gasteiger partial charge on any atom is 0.0483 e. The summed E-state index contributed by atoms with van der Waals surface area (Å²) in [5.74, 6) is 0. The van der Waals surface area contributed by atoms with E-state index in [1.54, 1.807) is 0 Å². The molecule has 3 aromatic rings. The quantitative estimate of drug-likeness (QED) is 0.661. The van der Waals surface area contributed by atoms with E-state index in [-0.39, 0.29) is 0 Å². The third kappa shape index (κ3) is 3.58. The van der Waals surface area contributed by atoms with Crippen LogP contribution in [0.1, 0.15) is 17.5 Å². The molecule has 0 atom stereocenters. The van der Waals surface area contributed by atoms with Gasteiger partial charge in [0.2, 0.25) is 0 Å². The van der Waals surface area contributed by atoms with Gasteiger partial charge in [-0.1, -0.05) is 36.4 Å². The molecule has 0 fully saturated rings. The van der Waals surface area contributed by atoms with Gasteiger partial charge in [-0.2, -0.15) is 0 Å². The molecule has 0 unspecified atom stereocenters. The maximum atomic E-state index is 2.34. The Bertz CT molecular complexity index is 726. The third-order valence-electron chi connectivity index (χ3n) is 4.10. The van der Waals surface area contributed by atoms with E-state index < -0.39 is 0 Å². The Balaban J connectivity index is 1.75. The minimum Gasteiger partial charge on any atom is -0.343 e. The number of nitrogens with zero attached hydrogens (tertiary/aromatic N) is 2. The van der Waals surface area contributed by atoms with Crippen LogP contribution in [0.25, 0.3) is 10.9 Å². The van der Waals surface area contributed by atoms with Crippen molar-refractivity contribution in [3.8, 4) is 0 Å². The topological polar surface area (TPSA) is 8.17 Å². The molecule has 22 heavy (non-hydrogen) atoms. The molecule has 0 saturated heterocycles. The second-order valence-corrected chi connectivity index (χ2v) is 6.23. The Morgan fingerprint density at radius 2 is 1.73 bits per heavy atom. The van der Waals surface area contributed by atoms with Crippen molar-refractivity contribution in [2.75, 3.05) is 20.6 Å². The first-order valence-corrected chi connectivity index (χ1v) is 7.99. The molecule has 0 aliphatic heterocycles. The zero-order valence-electron chi connectivity index (χ0n) is 13.5. The van der Waals surface area contributed by atoms with Crippen molar-refractivity contribution in [1.82, 2.24) is 9.47 Å². The van der Waals surface area contributed by atoms with E-state index in [9.17, 15) is 0 Å². The molecule has 0 amide bonds. The van der Waals surface area contributed by atoms with Crippen LogP contribution in [-0.2, 0) is 13.0 Å². The summed E-state index contributed by atoms with van der Waals surface area (Å²) in [6.07, 6.45) is 4.56. The van der Waals surface area contributed by atoms with Gasteiger partial charge >= 0.3 is 0 Å². The fraction of sp³-hybridized carbons (Fsp3) is 0.300. The standard InChI is InChI=1S/C20H24N2/c1-21(2)13-6-9-17-10-11-20-19(15-17)12-14-22(20)16-18-7-4-3-5-8-18/h3-5,7-8,10-12,14-15H,6,9,13,16H2,1-2H3. The Morgan fingerprint density at radius 1 is 0.909 bits per heavy atom. The molecule has 2 nitrogen and oxygen atoms in total. The van der Waals surface area contributed by atoms with Gasteiger partial charge < -0.3 is 9.47 Å². The number of benzene rings is 2. The van der Waals surface area contributed by atoms with E-state index in [1.807, 2.05) is 0 Å². The number of aromatic nitrogens is 1. The molecule has 0 radical (unpaired) electrons. The first kappa shape index (κ1) is 14.9. The Kier molecular flexibility index (Phi) is 4.59. The van der Waals surface area contributed by atoms with E-state index in [0.717, 1.165) is 19.5 Å². The van der Waals surface area contributed by atoms with Crippen molar-refractivity contribution in [2.24, 2.45) is 0 Å². The van der Waals surface area contributed by atoms with Crippen LogP contribution in [0, 0.1) is 0 Å². The van der Waals surface area contributed by atoms with Gasteiger partial charge in [-0.3, -0.25) is 0 Å². The van der Waals surface area contributed by atoms with Crippen LogP contribution in [0.3, 0.4) is 0 Å². The number of hydrogen-bond donors (Lipinski definition) is 0. The van der Waals surface area contributed by atoms with Crippen molar-refractivity contribution in [2.45, 2.75) is 19.4 Å². The molecule has 2 heteroatoms. The second-order valence-electron chi connectivity index (χ2n) is 6.23. The normalized spacial score (nSPS) is 11.4. The van der Waals surface area contributed by atoms with Gasteiger partial charge in [-0.05, 0) is 68.2 Å². The molecule has 1 aromatic heterocycles. The van der Waals surface area contributed by atoms with Gasteiger partial charge in [0, 0.05) is 18.3 Å². The minimum atomic E-state index is 0.935. The van der Waals surface area contributed by atoms with Crippen LogP contribution in [0.2, 0.25) is 0 Å². The fourth-order valence-corrected chi connectivity index (χ4v) is 2.92. The summed E-state index contributed by atoms with van der Waals surface area (Å²) in [6.45, 7) is 2.08. The smallest absolute Gasteiger partial charge is 0.0483 e. The zero-order valence-corrected chi connectivity index (χ0v) is 13.5. The SMILES string of the molecule is CN(C)CCCc1ccc2c(ccn2Cc2ccccc2)c1. The Hall–Kier alpha value is -2.06. The highest BCUT2D eigenvalue weighted by Gasteiger charge is 2.03. The maximum absolute atomic E-state index is 2.34. The van der Waals surface area contributed by atoms with Crippen molar-refractivity contribution in [3.05, 3.63) is 71.9 Å². The van der Waals surface area contributed by atoms with Crippen molar-refractivity contribution in [3.63, 3.8) is 0 Å². The van der Waals surface area contributed by atoms with Gasteiger partial charge in [-0.15, -0.1) is 0 Å². The first-order valence-electron chi connectivity index (χ1n) is 7.99. The highest BCUT2D eigenvalue weighted by Crippen LogP contribution is 2.20. The van der Waals surface area contributed by atoms with E-state index >= 15 is 0 Å². The summed E-state index contributed by atoms with van der Waals surface area (Å²) in [5.41, 5.74) is 4.10. The number of aryl methyl sites for hydroxylation is 1. The number of hydrogen-bond acceptors (Lipinski definition) is 1. The summed E-state index contributed by atoms with van der Waals surface area (Å²) in [7, 11) is 4.26. The lowest BCUT2D eigenvalue weighted by Crippen LogP contribution is -2.13. The zero-order chi connectivity index (χ0) is 15.4. The lowest BCUT2D eigenvalue weighted by Gasteiger charge is -2.09. The van der Waals surface area contributed by atoms with Crippen LogP contribution in [-0.4, -0.2) is 30.1 Å². The average Bonchev–Trinajstić information content (AvgIpc) is 2.90. The molecule has 0 aliphatic carbocycles. The van der Waals surface area contributed by atoms with Crippen molar-refractivity contribution in [1.29, 1.82) is 0 Å². The largest absolute Gasteiger partial charge is 0.343 e. The molecular formula is C20H24N2. The third-order valence-corrected chi connectivity index (χ3v) is 4.10. The fourth-order valence-electron chi connectivity index (χ4n) is 2.92. The predicted octanol–water partition coefficient (Wildman–Crippen LogP) is 4.18. The van der Waals surface area contributed by atoms with Crippen LogP contribution in [0.4, 0.5) is 0 Å². The van der Waals surface area contributed by atoms with E-state index in [4.69, 9.17) is 0 Å². The summed E-state index contributed by atoms with van der Waals surface area (Å²) in [6, 6.07) is 19.7. The molecule has 0 aliphatic rings. The molecule has 0 N–H and O–H groups in total. The Morgan fingerprint density at radius 3 is 2.50 bits per heavy atom. The van der Waals surface area contributed by atoms with Gasteiger partial charge in [-0.25, -0.2) is 0 Å². The van der Waals surface area contributed by atoms with Gasteiger partial charge in [0.05, 0.1) is 0 Å². The van der Waals surface area contributed by atoms with E-state index in [2.05, 4.69) is 84.4 Å². The predicted molar refractivity (Wildman–Crippen MR) is 94.4 cm³/mol. The number of rotatable bonds is 6. The van der Waals surface area contributed by atoms with Crippen molar-refractivity contribution >= 4 is 10.9 Å². The van der Waals surface area contributed by atoms with Crippen molar-refractivity contribution < 1.29 is 0 Å². The lowest BCUT2D eigenvalue weighted by molar-refractivity contribution is 0.400. The molecule has 2 aromatic carbocycles. The summed E-state index contributed by atoms with van der Waals surface area (Å²) in [5, 5.41) is 1.35. The van der Waals surface area contributed by atoms with Gasteiger partial charge in [0.15, 0.2) is 0 Å². The van der Waals surface area contributed by atoms with Gasteiger partial charge in [0.1, 0.15) is 0 Å². The molecule has 114 valence electrons. The molecule has 3 rings (SSSR count). The molecule has 0 saturated carbocycles. The summed E-state index contributed by atoms with van der Waals surface area (Å²) in [4.78, 5) is 2.24. The molecule has 0 bridgehead atoms. The highest BCUT2D eigenvalue weighted by molar-refractivity contribution is 5.81. The average molecular weight is 292 g/mol. The van der Waals surface area contributed by atoms with Crippen LogP contribution in [0.5, 0.6) is 0 Å². The molecular weight excluding hydrogens is 268 g/mol. The van der Waals surface area contributed by atoms with Crippen LogP contribution < -0.4 is 0 Å². The molecule has 0 spiro atoms. The minimum absolute atomic E-state index is 0.935. The van der Waals surface area contributed by atoms with Crippen LogP contribution >= 0.6 is 0 Å². The summed E-state index contributed by atoms with van der Waals surface area (Å²) < 4.78 is 2.33. The molecule has 1 heterocycles. The van der Waals surface area contributed by atoms with E-state index in [0.29, 0.717) is 0 Å². The van der Waals surface area contributed by atoms with Crippen LogP contribution in [0.15, 0.2) is 60.8 Å². The second kappa shape index (κ2) is 6.80. The lowest BCUT2D eigenvalue weighted by atomic mass is 10.1. The summed E-state index contributed by atoms with van der Waals surface area (Å²) >= 11 is 0.